The Kier molecular flexibility index (Phi) is 3.03. The molecule has 2 aromatic carbocycles. The second-order valence-electron chi connectivity index (χ2n) is 3.10. The molecule has 1 nitrogen and oxygen atoms in total. The first-order valence-electron chi connectivity index (χ1n) is 4.65. The van der Waals surface area contributed by atoms with Gasteiger partial charge >= 0.3 is 7.48 Å². The maximum absolute atomic E-state index is 12.6. The molecule has 3 heteroatoms. The van der Waals surface area contributed by atoms with Gasteiger partial charge in [-0.15, -0.1) is 0 Å². The van der Waals surface area contributed by atoms with Crippen LogP contribution in [-0.2, 0) is 0 Å². The fourth-order valence-electron chi connectivity index (χ4n) is 1.18. The van der Waals surface area contributed by atoms with Crippen LogP contribution in [0.3, 0.4) is 0 Å². The first-order valence-corrected chi connectivity index (χ1v) is 4.65. The van der Waals surface area contributed by atoms with Gasteiger partial charge in [0.1, 0.15) is 5.82 Å². The molecule has 1 radical (unpaired) electrons. The summed E-state index contributed by atoms with van der Waals surface area (Å²) < 4.78 is 17.9. The highest BCUT2D eigenvalue weighted by Crippen LogP contribution is 2.09. The van der Waals surface area contributed by atoms with E-state index in [-0.39, 0.29) is 5.82 Å². The molecule has 0 aliphatic carbocycles. The summed E-state index contributed by atoms with van der Waals surface area (Å²) in [6.07, 6.45) is 0. The Morgan fingerprint density at radius 3 is 2.20 bits per heavy atom. The summed E-state index contributed by atoms with van der Waals surface area (Å²) in [6, 6.07) is 15.6. The van der Waals surface area contributed by atoms with Gasteiger partial charge in [-0.05, 0) is 29.7 Å². The van der Waals surface area contributed by atoms with Crippen molar-refractivity contribution in [2.24, 2.45) is 0 Å². The highest BCUT2D eigenvalue weighted by atomic mass is 19.1. The Labute approximate surface area is 88.8 Å². The highest BCUT2D eigenvalue weighted by molar-refractivity contribution is 6.47. The van der Waals surface area contributed by atoms with E-state index in [9.17, 15) is 4.39 Å². The van der Waals surface area contributed by atoms with Gasteiger partial charge in [0, 0.05) is 0 Å². The van der Waals surface area contributed by atoms with Crippen molar-refractivity contribution in [1.82, 2.24) is 0 Å². The highest BCUT2D eigenvalue weighted by Gasteiger charge is 1.99. The van der Waals surface area contributed by atoms with Crippen LogP contribution in [0.4, 0.5) is 4.39 Å². The maximum atomic E-state index is 12.6. The first kappa shape index (κ1) is 9.78. The molecule has 2 rings (SSSR count). The zero-order chi connectivity index (χ0) is 10.5. The number of hydrogen-bond donors (Lipinski definition) is 0. The van der Waals surface area contributed by atoms with Crippen LogP contribution in [0, 0.1) is 5.82 Å². The van der Waals surface area contributed by atoms with Crippen molar-refractivity contribution in [3.8, 4) is 5.75 Å². The van der Waals surface area contributed by atoms with E-state index >= 15 is 0 Å². The number of hydrogen-bond acceptors (Lipinski definition) is 1. The summed E-state index contributed by atoms with van der Waals surface area (Å²) in [5.74, 6) is 0.363. The predicted molar refractivity (Wildman–Crippen MR) is 58.9 cm³/mol. The predicted octanol–water partition coefficient (Wildman–Crippen LogP) is 2.15. The third-order valence-corrected chi connectivity index (χ3v) is 1.94. The van der Waals surface area contributed by atoms with Crippen LogP contribution >= 0.6 is 0 Å². The Morgan fingerprint density at radius 1 is 0.867 bits per heavy atom. The van der Waals surface area contributed by atoms with Crippen LogP contribution in [0.5, 0.6) is 5.75 Å². The molecule has 0 aliphatic heterocycles. The minimum Gasteiger partial charge on any atom is -0.558 e. The molecule has 0 fully saturated rings. The quantitative estimate of drug-likeness (QED) is 0.688. The Bertz CT molecular complexity index is 413. The molecule has 0 saturated carbocycles. The summed E-state index contributed by atoms with van der Waals surface area (Å²) in [6.45, 7) is 0. The van der Waals surface area contributed by atoms with Gasteiger partial charge in [0.15, 0.2) is 0 Å². The average Bonchev–Trinajstić information content (AvgIpc) is 2.30. The minimum absolute atomic E-state index is 0.262. The van der Waals surface area contributed by atoms with Gasteiger partial charge in [-0.25, -0.2) is 4.39 Å². The molecular formula is C12H9BFO. The molecule has 0 amide bonds. The monoisotopic (exact) mass is 199 g/mol. The molecule has 0 heterocycles. The van der Waals surface area contributed by atoms with Crippen LogP contribution in [0.25, 0.3) is 0 Å². The standard InChI is InChI=1S/C12H9BFO/c14-11-6-8-12(9-7-11)15-13-10-4-2-1-3-5-10/h1-9H. The maximum Gasteiger partial charge on any atom is 0.408 e. The summed E-state index contributed by atoms with van der Waals surface area (Å²) in [4.78, 5) is 0. The molecule has 0 bridgehead atoms. The average molecular weight is 199 g/mol. The van der Waals surface area contributed by atoms with E-state index in [1.54, 1.807) is 19.6 Å². The lowest BCUT2D eigenvalue weighted by Crippen LogP contribution is -2.19. The molecule has 73 valence electrons. The summed E-state index contributed by atoms with van der Waals surface area (Å²) in [5.41, 5.74) is 0.974. The van der Waals surface area contributed by atoms with E-state index in [1.165, 1.54) is 12.1 Å². The van der Waals surface area contributed by atoms with Gasteiger partial charge in [0.25, 0.3) is 0 Å². The summed E-state index contributed by atoms with van der Waals surface area (Å²) in [7, 11) is 1.63. The van der Waals surface area contributed by atoms with Crippen LogP contribution in [0.2, 0.25) is 0 Å². The minimum atomic E-state index is -0.262. The van der Waals surface area contributed by atoms with Crippen molar-refractivity contribution in [3.05, 3.63) is 60.4 Å². The van der Waals surface area contributed by atoms with Gasteiger partial charge in [0.2, 0.25) is 0 Å². The zero-order valence-electron chi connectivity index (χ0n) is 8.06. The molecular weight excluding hydrogens is 190 g/mol. The van der Waals surface area contributed by atoms with Gasteiger partial charge in [-0.3, -0.25) is 0 Å². The lowest BCUT2D eigenvalue weighted by atomic mass is 9.88. The number of halogens is 1. The molecule has 0 saturated heterocycles. The smallest absolute Gasteiger partial charge is 0.408 e. The fourth-order valence-corrected chi connectivity index (χ4v) is 1.18. The normalized spacial score (nSPS) is 9.67. The molecule has 2 aromatic rings. The van der Waals surface area contributed by atoms with Crippen molar-refractivity contribution in [3.63, 3.8) is 0 Å². The van der Waals surface area contributed by atoms with E-state index in [2.05, 4.69) is 0 Å². The van der Waals surface area contributed by atoms with Crippen molar-refractivity contribution in [2.45, 2.75) is 0 Å². The molecule has 0 spiro atoms. The van der Waals surface area contributed by atoms with Crippen LogP contribution in [0.15, 0.2) is 54.6 Å². The second kappa shape index (κ2) is 4.64. The molecule has 0 N–H and O–H groups in total. The number of rotatable bonds is 3. The molecule has 0 atom stereocenters. The largest absolute Gasteiger partial charge is 0.558 e. The van der Waals surface area contributed by atoms with Crippen molar-refractivity contribution in [1.29, 1.82) is 0 Å². The second-order valence-corrected chi connectivity index (χ2v) is 3.10. The van der Waals surface area contributed by atoms with E-state index in [0.717, 1.165) is 5.46 Å². The van der Waals surface area contributed by atoms with E-state index in [0.29, 0.717) is 5.75 Å². The zero-order valence-corrected chi connectivity index (χ0v) is 8.06. The third kappa shape index (κ3) is 2.84. The first-order chi connectivity index (χ1) is 7.34. The molecule has 0 aliphatic rings. The Morgan fingerprint density at radius 2 is 1.53 bits per heavy atom. The lowest BCUT2D eigenvalue weighted by molar-refractivity contribution is 0.591. The number of benzene rings is 2. The van der Waals surface area contributed by atoms with E-state index in [1.807, 2.05) is 30.3 Å². The van der Waals surface area contributed by atoms with Crippen molar-refractivity contribution < 1.29 is 9.04 Å². The third-order valence-electron chi connectivity index (χ3n) is 1.94. The van der Waals surface area contributed by atoms with Crippen LogP contribution in [0.1, 0.15) is 0 Å². The summed E-state index contributed by atoms with van der Waals surface area (Å²) >= 11 is 0. The van der Waals surface area contributed by atoms with E-state index < -0.39 is 0 Å². The SMILES string of the molecule is Fc1ccc(O[B]c2ccccc2)cc1. The van der Waals surface area contributed by atoms with Crippen LogP contribution in [-0.4, -0.2) is 7.48 Å². The van der Waals surface area contributed by atoms with Gasteiger partial charge in [0.05, 0.1) is 5.75 Å². The van der Waals surface area contributed by atoms with Gasteiger partial charge in [-0.2, -0.15) is 0 Å². The van der Waals surface area contributed by atoms with Crippen LogP contribution < -0.4 is 10.1 Å². The molecule has 15 heavy (non-hydrogen) atoms. The van der Waals surface area contributed by atoms with E-state index in [4.69, 9.17) is 4.65 Å². The fraction of sp³-hybridized carbons (Fsp3) is 0. The lowest BCUT2D eigenvalue weighted by Gasteiger charge is -2.03. The topological polar surface area (TPSA) is 9.23 Å². The Balaban J connectivity index is 1.96. The van der Waals surface area contributed by atoms with Crippen molar-refractivity contribution in [2.75, 3.05) is 0 Å². The molecule has 0 aromatic heterocycles. The Hall–Kier alpha value is -1.77. The van der Waals surface area contributed by atoms with Gasteiger partial charge < -0.3 is 4.65 Å². The summed E-state index contributed by atoms with van der Waals surface area (Å²) in [5, 5.41) is 0. The molecule has 0 unspecified atom stereocenters. The van der Waals surface area contributed by atoms with Crippen molar-refractivity contribution >= 4 is 12.9 Å². The van der Waals surface area contributed by atoms with Gasteiger partial charge in [-0.1, -0.05) is 30.3 Å².